The first-order valence-corrected chi connectivity index (χ1v) is 8.38. The van der Waals surface area contributed by atoms with Crippen molar-refractivity contribution in [2.45, 2.75) is 26.4 Å². The van der Waals surface area contributed by atoms with E-state index in [1.165, 1.54) is 0 Å². The highest BCUT2D eigenvalue weighted by molar-refractivity contribution is 5.85. The predicted octanol–water partition coefficient (Wildman–Crippen LogP) is 4.00. The first kappa shape index (κ1) is 17.2. The van der Waals surface area contributed by atoms with Gasteiger partial charge in [0.2, 0.25) is 0 Å². The lowest BCUT2D eigenvalue weighted by Crippen LogP contribution is -1.94. The summed E-state index contributed by atoms with van der Waals surface area (Å²) in [4.78, 5) is 4.77. The van der Waals surface area contributed by atoms with Crippen LogP contribution in [0.3, 0.4) is 0 Å². The highest BCUT2D eigenvalue weighted by atomic mass is 16.3. The van der Waals surface area contributed by atoms with Crippen LogP contribution in [0, 0.1) is 18.8 Å². The Bertz CT molecular complexity index is 947. The standard InChI is InChI=1S/C22H21NO2/c1-15-13-21(18-8-6-17(7-9-18)5-3-4-12-24)23-22-14-19(16(2)25)10-11-20(15)22/h6-11,13-14,16,24-25H,4,12H2,1-2H3. The summed E-state index contributed by atoms with van der Waals surface area (Å²) >= 11 is 0. The van der Waals surface area contributed by atoms with Crippen LogP contribution in [-0.2, 0) is 0 Å². The minimum atomic E-state index is -0.507. The number of nitrogens with zero attached hydrogens (tertiary/aromatic N) is 1. The Kier molecular flexibility index (Phi) is 5.14. The summed E-state index contributed by atoms with van der Waals surface area (Å²) in [5, 5.41) is 19.7. The predicted molar refractivity (Wildman–Crippen MR) is 101 cm³/mol. The normalized spacial score (nSPS) is 11.8. The third kappa shape index (κ3) is 3.88. The number of rotatable bonds is 3. The first-order valence-electron chi connectivity index (χ1n) is 8.38. The van der Waals surface area contributed by atoms with Gasteiger partial charge in [0.15, 0.2) is 0 Å². The van der Waals surface area contributed by atoms with E-state index in [0.717, 1.165) is 38.9 Å². The molecule has 0 saturated carbocycles. The fourth-order valence-electron chi connectivity index (χ4n) is 2.77. The summed E-state index contributed by atoms with van der Waals surface area (Å²) < 4.78 is 0. The van der Waals surface area contributed by atoms with Crippen LogP contribution in [0.15, 0.2) is 48.5 Å². The molecule has 1 unspecified atom stereocenters. The van der Waals surface area contributed by atoms with Crippen molar-refractivity contribution in [3.63, 3.8) is 0 Å². The molecule has 3 nitrogen and oxygen atoms in total. The van der Waals surface area contributed by atoms with Gasteiger partial charge in [-0.25, -0.2) is 4.98 Å². The fourth-order valence-corrected chi connectivity index (χ4v) is 2.77. The largest absolute Gasteiger partial charge is 0.395 e. The molecule has 1 atom stereocenters. The van der Waals surface area contributed by atoms with Gasteiger partial charge in [0.05, 0.1) is 23.9 Å². The molecule has 0 fully saturated rings. The summed E-state index contributed by atoms with van der Waals surface area (Å²) in [5.41, 5.74) is 5.77. The first-order chi connectivity index (χ1) is 12.1. The Morgan fingerprint density at radius 3 is 2.52 bits per heavy atom. The summed E-state index contributed by atoms with van der Waals surface area (Å²) in [6, 6.07) is 15.9. The molecule has 3 rings (SSSR count). The molecular formula is C22H21NO2. The Hall–Kier alpha value is -2.67. The quantitative estimate of drug-likeness (QED) is 0.713. The Morgan fingerprint density at radius 1 is 1.08 bits per heavy atom. The van der Waals surface area contributed by atoms with Gasteiger partial charge in [-0.15, -0.1) is 0 Å². The molecule has 0 radical (unpaired) electrons. The monoisotopic (exact) mass is 331 g/mol. The van der Waals surface area contributed by atoms with Gasteiger partial charge in [-0.2, -0.15) is 0 Å². The van der Waals surface area contributed by atoms with E-state index in [4.69, 9.17) is 10.1 Å². The van der Waals surface area contributed by atoms with Crippen molar-refractivity contribution < 1.29 is 10.2 Å². The Balaban J connectivity index is 1.99. The van der Waals surface area contributed by atoms with Gasteiger partial charge in [0, 0.05) is 22.9 Å². The maximum Gasteiger partial charge on any atom is 0.0762 e. The zero-order valence-electron chi connectivity index (χ0n) is 14.5. The molecule has 25 heavy (non-hydrogen) atoms. The van der Waals surface area contributed by atoms with Crippen LogP contribution in [0.25, 0.3) is 22.2 Å². The SMILES string of the molecule is Cc1cc(-c2ccc(C#CCCO)cc2)nc2cc(C(C)O)ccc12. The lowest BCUT2D eigenvalue weighted by Gasteiger charge is -2.10. The summed E-state index contributed by atoms with van der Waals surface area (Å²) in [7, 11) is 0. The third-order valence-electron chi connectivity index (χ3n) is 4.17. The topological polar surface area (TPSA) is 53.4 Å². The summed E-state index contributed by atoms with van der Waals surface area (Å²) in [6.45, 7) is 3.92. The number of aromatic nitrogens is 1. The fraction of sp³-hybridized carbons (Fsp3) is 0.227. The average molecular weight is 331 g/mol. The third-order valence-corrected chi connectivity index (χ3v) is 4.17. The lowest BCUT2D eigenvalue weighted by atomic mass is 10.0. The number of benzene rings is 2. The second-order valence-electron chi connectivity index (χ2n) is 6.13. The molecule has 0 bridgehead atoms. The molecular weight excluding hydrogens is 310 g/mol. The van der Waals surface area contributed by atoms with E-state index in [9.17, 15) is 5.11 Å². The van der Waals surface area contributed by atoms with Crippen molar-refractivity contribution >= 4 is 10.9 Å². The van der Waals surface area contributed by atoms with Crippen LogP contribution in [-0.4, -0.2) is 21.8 Å². The minimum absolute atomic E-state index is 0.0832. The molecule has 0 aliphatic heterocycles. The van der Waals surface area contributed by atoms with Gasteiger partial charge in [-0.1, -0.05) is 36.1 Å². The maximum atomic E-state index is 9.80. The van der Waals surface area contributed by atoms with Crippen LogP contribution in [0.2, 0.25) is 0 Å². The van der Waals surface area contributed by atoms with Gasteiger partial charge < -0.3 is 10.2 Å². The molecule has 0 amide bonds. The number of pyridine rings is 1. The number of hydrogen-bond donors (Lipinski definition) is 2. The maximum absolute atomic E-state index is 9.80. The van der Waals surface area contributed by atoms with E-state index >= 15 is 0 Å². The van der Waals surface area contributed by atoms with Crippen molar-refractivity contribution in [1.82, 2.24) is 4.98 Å². The van der Waals surface area contributed by atoms with Crippen molar-refractivity contribution in [3.8, 4) is 23.1 Å². The number of aryl methyl sites for hydroxylation is 1. The number of hydrogen-bond acceptors (Lipinski definition) is 3. The van der Waals surface area contributed by atoms with Crippen LogP contribution >= 0.6 is 0 Å². The van der Waals surface area contributed by atoms with Crippen LogP contribution in [0.4, 0.5) is 0 Å². The smallest absolute Gasteiger partial charge is 0.0762 e. The van der Waals surface area contributed by atoms with Crippen LogP contribution < -0.4 is 0 Å². The highest BCUT2D eigenvalue weighted by Crippen LogP contribution is 2.26. The molecule has 0 spiro atoms. The molecule has 3 heteroatoms. The molecule has 126 valence electrons. The van der Waals surface area contributed by atoms with E-state index in [2.05, 4.69) is 24.8 Å². The highest BCUT2D eigenvalue weighted by Gasteiger charge is 2.08. The van der Waals surface area contributed by atoms with Gasteiger partial charge in [0.1, 0.15) is 0 Å². The second kappa shape index (κ2) is 7.48. The van der Waals surface area contributed by atoms with Crippen molar-refractivity contribution in [2.24, 2.45) is 0 Å². The summed E-state index contributed by atoms with van der Waals surface area (Å²) in [6.07, 6.45) is -0.0226. The van der Waals surface area contributed by atoms with Crippen LogP contribution in [0.1, 0.15) is 36.1 Å². The molecule has 3 aromatic rings. The van der Waals surface area contributed by atoms with Crippen molar-refractivity contribution in [3.05, 3.63) is 65.2 Å². The van der Waals surface area contributed by atoms with Crippen LogP contribution in [0.5, 0.6) is 0 Å². The molecule has 2 aromatic carbocycles. The van der Waals surface area contributed by atoms with E-state index in [1.54, 1.807) is 6.92 Å². The second-order valence-corrected chi connectivity index (χ2v) is 6.13. The number of fused-ring (bicyclic) bond motifs is 1. The number of aliphatic hydroxyl groups is 2. The van der Waals surface area contributed by atoms with Crippen molar-refractivity contribution in [1.29, 1.82) is 0 Å². The summed E-state index contributed by atoms with van der Waals surface area (Å²) in [5.74, 6) is 5.95. The number of aliphatic hydroxyl groups excluding tert-OH is 2. The zero-order valence-corrected chi connectivity index (χ0v) is 14.5. The Labute approximate surface area is 148 Å². The molecule has 2 N–H and O–H groups in total. The van der Waals surface area contributed by atoms with E-state index in [-0.39, 0.29) is 6.61 Å². The lowest BCUT2D eigenvalue weighted by molar-refractivity contribution is 0.199. The molecule has 1 heterocycles. The average Bonchev–Trinajstić information content (AvgIpc) is 2.62. The van der Waals surface area contributed by atoms with E-state index in [1.807, 2.05) is 42.5 Å². The van der Waals surface area contributed by atoms with Gasteiger partial charge in [-0.05, 0) is 49.2 Å². The zero-order chi connectivity index (χ0) is 17.8. The minimum Gasteiger partial charge on any atom is -0.395 e. The molecule has 0 aliphatic rings. The Morgan fingerprint density at radius 2 is 1.84 bits per heavy atom. The van der Waals surface area contributed by atoms with Gasteiger partial charge in [0.25, 0.3) is 0 Å². The molecule has 0 saturated heterocycles. The molecule has 1 aromatic heterocycles. The van der Waals surface area contributed by atoms with Crippen molar-refractivity contribution in [2.75, 3.05) is 6.61 Å². The molecule has 0 aliphatic carbocycles. The van der Waals surface area contributed by atoms with Gasteiger partial charge >= 0.3 is 0 Å². The van der Waals surface area contributed by atoms with E-state index in [0.29, 0.717) is 6.42 Å². The van der Waals surface area contributed by atoms with E-state index < -0.39 is 6.10 Å². The van der Waals surface area contributed by atoms with Gasteiger partial charge in [-0.3, -0.25) is 0 Å².